The van der Waals surface area contributed by atoms with Gasteiger partial charge in [0.15, 0.2) is 0 Å². The van der Waals surface area contributed by atoms with Crippen LogP contribution in [0, 0.1) is 11.8 Å². The molecule has 16 nitrogen and oxygen atoms in total. The number of hydrogen-bond donors (Lipinski definition) is 3. The van der Waals surface area contributed by atoms with Crippen molar-refractivity contribution in [1.82, 2.24) is 30.2 Å². The Balaban J connectivity index is 2.48. The highest BCUT2D eigenvalue weighted by atomic mass is 16.6. The quantitative estimate of drug-likeness (QED) is 0.153. The highest BCUT2D eigenvalue weighted by molar-refractivity contribution is 5.96. The van der Waals surface area contributed by atoms with E-state index in [1.54, 1.807) is 34.6 Å². The molecule has 16 heteroatoms. The van der Waals surface area contributed by atoms with E-state index in [1.807, 2.05) is 88.4 Å². The lowest BCUT2D eigenvalue weighted by Gasteiger charge is -2.36. The molecule has 0 aliphatic rings. The summed E-state index contributed by atoms with van der Waals surface area (Å²) < 4.78 is 11.5. The van der Waals surface area contributed by atoms with Crippen LogP contribution in [0.1, 0.15) is 86.3 Å². The maximum absolute atomic E-state index is 14.6. The Morgan fingerprint density at radius 2 is 1.15 bits per heavy atom. The number of benzene rings is 2. The van der Waals surface area contributed by atoms with Gasteiger partial charge in [-0.05, 0) is 70.4 Å². The normalized spacial score (nSPS) is 14.4. The first-order valence-corrected chi connectivity index (χ1v) is 21.1. The number of aliphatic carboxylic acids is 1. The molecule has 0 saturated heterocycles. The van der Waals surface area contributed by atoms with E-state index in [2.05, 4.69) is 10.6 Å². The Labute approximate surface area is 367 Å². The lowest BCUT2D eigenvalue weighted by molar-refractivity contribution is -0.149. The number of likely N-dealkylation sites (N-methyl/N-ethyl adjacent to an activating group) is 4. The van der Waals surface area contributed by atoms with Gasteiger partial charge in [0.2, 0.25) is 29.5 Å². The van der Waals surface area contributed by atoms with Crippen molar-refractivity contribution in [1.29, 1.82) is 0 Å². The van der Waals surface area contributed by atoms with E-state index in [-0.39, 0.29) is 37.7 Å². The van der Waals surface area contributed by atoms with Gasteiger partial charge in [0.1, 0.15) is 42.4 Å². The third-order valence-corrected chi connectivity index (χ3v) is 10.3. The van der Waals surface area contributed by atoms with Gasteiger partial charge in [-0.25, -0.2) is 4.79 Å². The van der Waals surface area contributed by atoms with Crippen LogP contribution in [0.25, 0.3) is 0 Å². The number of ether oxygens (including phenoxy) is 2. The first-order valence-electron chi connectivity index (χ1n) is 21.1. The molecule has 62 heavy (non-hydrogen) atoms. The van der Waals surface area contributed by atoms with Crippen LogP contribution in [0.5, 0.6) is 0 Å². The third kappa shape index (κ3) is 16.7. The molecular formula is C46H70N6O10. The number of nitrogens with zero attached hydrogens (tertiary/aromatic N) is 4. The van der Waals surface area contributed by atoms with Crippen LogP contribution in [0.2, 0.25) is 0 Å². The van der Waals surface area contributed by atoms with Crippen LogP contribution >= 0.6 is 0 Å². The van der Waals surface area contributed by atoms with Crippen LogP contribution in [-0.4, -0.2) is 143 Å². The molecule has 0 bridgehead atoms. The fourth-order valence-corrected chi connectivity index (χ4v) is 6.64. The summed E-state index contributed by atoms with van der Waals surface area (Å²) in [5.74, 6) is -4.54. The second kappa shape index (κ2) is 24.2. The molecule has 344 valence electrons. The van der Waals surface area contributed by atoms with Crippen molar-refractivity contribution in [2.75, 3.05) is 34.7 Å². The second-order valence-corrected chi connectivity index (χ2v) is 17.8. The zero-order valence-corrected chi connectivity index (χ0v) is 38.8. The molecule has 2 aromatic carbocycles. The fraction of sp³-hybridized carbons (Fsp3) is 0.587. The zero-order valence-electron chi connectivity index (χ0n) is 38.8. The minimum Gasteiger partial charge on any atom is -0.480 e. The molecule has 0 aliphatic heterocycles. The second-order valence-electron chi connectivity index (χ2n) is 17.8. The molecule has 0 heterocycles. The summed E-state index contributed by atoms with van der Waals surface area (Å²) in [5, 5.41) is 15.1. The first kappa shape index (κ1) is 52.6. The predicted octanol–water partition coefficient (Wildman–Crippen LogP) is 4.35. The van der Waals surface area contributed by atoms with Crippen molar-refractivity contribution in [2.24, 2.45) is 11.8 Å². The third-order valence-electron chi connectivity index (χ3n) is 10.3. The van der Waals surface area contributed by atoms with E-state index in [4.69, 9.17) is 9.47 Å². The van der Waals surface area contributed by atoms with Gasteiger partial charge in [-0.3, -0.25) is 33.7 Å². The van der Waals surface area contributed by atoms with E-state index >= 15 is 0 Å². The van der Waals surface area contributed by atoms with Crippen molar-refractivity contribution in [3.8, 4) is 0 Å². The number of carbonyl (C=O) groups excluding carboxylic acids is 6. The van der Waals surface area contributed by atoms with E-state index in [1.165, 1.54) is 42.9 Å². The van der Waals surface area contributed by atoms with Crippen LogP contribution in [0.15, 0.2) is 60.7 Å². The summed E-state index contributed by atoms with van der Waals surface area (Å²) in [7, 11) is 5.69. The number of carbonyl (C=O) groups is 7. The molecule has 6 amide bonds. The number of amides is 6. The summed E-state index contributed by atoms with van der Waals surface area (Å²) >= 11 is 0. The minimum absolute atomic E-state index is 0.0882. The maximum atomic E-state index is 14.6. The van der Waals surface area contributed by atoms with Crippen molar-refractivity contribution in [3.05, 3.63) is 71.8 Å². The van der Waals surface area contributed by atoms with Gasteiger partial charge >= 0.3 is 12.1 Å². The van der Waals surface area contributed by atoms with Crippen molar-refractivity contribution in [2.45, 2.75) is 130 Å². The number of carboxylic acid groups (broad SMARTS) is 1. The average Bonchev–Trinajstić information content (AvgIpc) is 3.20. The minimum atomic E-state index is -1.32. The van der Waals surface area contributed by atoms with E-state index in [0.717, 1.165) is 16.0 Å². The van der Waals surface area contributed by atoms with Gasteiger partial charge in [-0.15, -0.1) is 0 Å². The van der Waals surface area contributed by atoms with Gasteiger partial charge in [0.05, 0.1) is 12.7 Å². The molecule has 2 rings (SSSR count). The van der Waals surface area contributed by atoms with E-state index in [9.17, 15) is 38.7 Å². The van der Waals surface area contributed by atoms with Gasteiger partial charge in [-0.2, -0.15) is 0 Å². The topological polar surface area (TPSA) is 195 Å². The van der Waals surface area contributed by atoms with Crippen LogP contribution in [0.4, 0.5) is 4.79 Å². The molecule has 3 unspecified atom stereocenters. The van der Waals surface area contributed by atoms with Crippen molar-refractivity contribution >= 4 is 41.6 Å². The molecule has 6 atom stereocenters. The predicted molar refractivity (Wildman–Crippen MR) is 235 cm³/mol. The number of nitrogens with one attached hydrogen (secondary N) is 2. The molecule has 3 N–H and O–H groups in total. The lowest BCUT2D eigenvalue weighted by atomic mass is 9.97. The van der Waals surface area contributed by atoms with Crippen LogP contribution < -0.4 is 10.6 Å². The van der Waals surface area contributed by atoms with E-state index < -0.39 is 90.1 Å². The van der Waals surface area contributed by atoms with Gasteiger partial charge in [0.25, 0.3) is 0 Å². The average molecular weight is 867 g/mol. The van der Waals surface area contributed by atoms with Crippen molar-refractivity contribution < 1.29 is 48.1 Å². The zero-order chi connectivity index (χ0) is 47.1. The summed E-state index contributed by atoms with van der Waals surface area (Å²) in [4.78, 5) is 100. The molecule has 0 aromatic heterocycles. The Morgan fingerprint density at radius 3 is 1.65 bits per heavy atom. The fourth-order valence-electron chi connectivity index (χ4n) is 6.64. The highest BCUT2D eigenvalue weighted by Crippen LogP contribution is 2.19. The van der Waals surface area contributed by atoms with Gasteiger partial charge in [0, 0.05) is 34.6 Å². The summed E-state index contributed by atoms with van der Waals surface area (Å²) in [5.41, 5.74) is 0.766. The maximum Gasteiger partial charge on any atom is 0.410 e. The molecule has 0 fully saturated rings. The molecular weight excluding hydrogens is 797 g/mol. The largest absolute Gasteiger partial charge is 0.480 e. The van der Waals surface area contributed by atoms with Crippen molar-refractivity contribution in [3.63, 3.8) is 0 Å². The standard InChI is InChI=1S/C46H70N6O10/c1-29(2)24-35(47-40(55)37(26-33-20-16-14-17-21-33)51(12)42(57)31(5)50(11)45(60)62-46(7,8)9)43(58)52(13)36(25-30(3)4)41(56)48-39(44(59)49(10)27-38(53)54)32(6)61-28-34-22-18-15-19-23-34/h14-23,29-32,35-37,39H,24-28H2,1-13H3,(H,47,55)(H,48,56)(H,53,54)/t31?,32?,35?,36-,37-,39-/m0/s1. The lowest BCUT2D eigenvalue weighted by Crippen LogP contribution is -2.61. The monoisotopic (exact) mass is 867 g/mol. The number of hydrogen-bond acceptors (Lipinski definition) is 9. The Kier molecular flexibility index (Phi) is 20.6. The first-order chi connectivity index (χ1) is 28.8. The van der Waals surface area contributed by atoms with Gasteiger partial charge < -0.3 is 39.9 Å². The summed E-state index contributed by atoms with van der Waals surface area (Å²) in [6, 6.07) is 12.6. The van der Waals surface area contributed by atoms with Crippen LogP contribution in [-0.2, 0) is 51.3 Å². The molecule has 0 saturated carbocycles. The summed E-state index contributed by atoms with van der Waals surface area (Å²) in [6.07, 6.45) is -1.17. The summed E-state index contributed by atoms with van der Waals surface area (Å²) in [6.45, 7) is 15.3. The smallest absolute Gasteiger partial charge is 0.410 e. The SMILES string of the molecule is CC(C)CC(NC(=O)[C@H](Cc1ccccc1)N(C)C(=O)C(C)N(C)C(=O)OC(C)(C)C)C(=O)N(C)[C@@H](CC(C)C)C(=O)N[C@H](C(=O)N(C)CC(=O)O)C(C)OCc1ccccc1. The Hall–Kier alpha value is -5.51. The molecule has 0 radical (unpaired) electrons. The number of carboxylic acids is 1. The van der Waals surface area contributed by atoms with Crippen LogP contribution in [0.3, 0.4) is 0 Å². The van der Waals surface area contributed by atoms with Gasteiger partial charge in [-0.1, -0.05) is 88.4 Å². The Morgan fingerprint density at radius 1 is 0.645 bits per heavy atom. The molecule has 0 aliphatic carbocycles. The van der Waals surface area contributed by atoms with E-state index in [0.29, 0.717) is 0 Å². The Bertz CT molecular complexity index is 1800. The highest BCUT2D eigenvalue weighted by Gasteiger charge is 2.39. The molecule has 0 spiro atoms. The number of rotatable bonds is 22. The molecule has 2 aromatic rings.